The summed E-state index contributed by atoms with van der Waals surface area (Å²) in [4.78, 5) is 18.3. The molecular formula is C40H47F4N3O. The first-order valence-corrected chi connectivity index (χ1v) is 16.4. The molecule has 4 aromatic rings. The minimum absolute atomic E-state index is 0.0924. The smallest absolute Gasteiger partial charge is 0.303 e. The number of aromatic nitrogens is 1. The van der Waals surface area contributed by atoms with Crippen LogP contribution in [0.2, 0.25) is 0 Å². The summed E-state index contributed by atoms with van der Waals surface area (Å²) in [5.74, 6) is 0.332. The van der Waals surface area contributed by atoms with Gasteiger partial charge in [-0.3, -0.25) is 9.78 Å². The molecule has 1 unspecified atom stereocenters. The van der Waals surface area contributed by atoms with Gasteiger partial charge < -0.3 is 4.90 Å². The van der Waals surface area contributed by atoms with Crippen molar-refractivity contribution in [1.29, 1.82) is 5.26 Å². The highest BCUT2D eigenvalue weighted by atomic mass is 19.4. The molecule has 0 aliphatic carbocycles. The summed E-state index contributed by atoms with van der Waals surface area (Å²) in [6, 6.07) is 19.6. The van der Waals surface area contributed by atoms with E-state index in [1.54, 1.807) is 25.1 Å². The van der Waals surface area contributed by atoms with Gasteiger partial charge in [-0.15, -0.1) is 13.2 Å². The van der Waals surface area contributed by atoms with Crippen molar-refractivity contribution in [3.63, 3.8) is 0 Å². The van der Waals surface area contributed by atoms with Crippen LogP contribution in [0.25, 0.3) is 22.0 Å². The molecule has 3 aromatic carbocycles. The number of carbonyl (C=O) groups is 1. The lowest BCUT2D eigenvalue weighted by Gasteiger charge is -2.19. The van der Waals surface area contributed by atoms with Crippen LogP contribution in [-0.2, 0) is 12.6 Å². The second kappa shape index (κ2) is 20.1. The van der Waals surface area contributed by atoms with Gasteiger partial charge in [-0.25, -0.2) is 4.39 Å². The molecule has 4 nitrogen and oxygen atoms in total. The molecule has 2 heterocycles. The molecule has 1 atom stereocenters. The van der Waals surface area contributed by atoms with Crippen molar-refractivity contribution in [2.75, 3.05) is 19.6 Å². The number of nitrogens with zero attached hydrogens (tertiary/aromatic N) is 3. The van der Waals surface area contributed by atoms with Crippen LogP contribution in [0, 0.1) is 30.0 Å². The number of halogens is 4. The van der Waals surface area contributed by atoms with Crippen molar-refractivity contribution in [1.82, 2.24) is 9.88 Å². The van der Waals surface area contributed by atoms with Crippen LogP contribution >= 0.6 is 0 Å². The van der Waals surface area contributed by atoms with E-state index >= 15 is 0 Å². The molecule has 0 radical (unpaired) electrons. The normalized spacial score (nSPS) is 13.1. The standard InChI is InChI=1S/C18H12N2O.C11H23N.C9H8F4.C2H4/c1-12-8-16(11-21)17-9-15(6-7-18(17)20-12)14-4-2-13(10-19)3-5-14;1-3-4-7-11(2)10-12-8-5-6-9-12;1-2-6-5-7(9(11,12)13)3-4-8(6)10;1-2/h2-9,11H,1H3;11H,3-10H2,1-2H3;3-5H,2H2,1H3;1-2H2. The van der Waals surface area contributed by atoms with Gasteiger partial charge in [-0.2, -0.15) is 18.4 Å². The number of pyridine rings is 1. The Morgan fingerprint density at radius 3 is 2.19 bits per heavy atom. The average Bonchev–Trinajstić information content (AvgIpc) is 3.61. The lowest BCUT2D eigenvalue weighted by Crippen LogP contribution is -2.25. The molecule has 0 N–H and O–H groups in total. The van der Waals surface area contributed by atoms with Crippen LogP contribution in [-0.4, -0.2) is 35.8 Å². The highest BCUT2D eigenvalue weighted by Crippen LogP contribution is 2.30. The van der Waals surface area contributed by atoms with E-state index in [2.05, 4.69) is 43.0 Å². The maximum Gasteiger partial charge on any atom is 0.416 e. The van der Waals surface area contributed by atoms with Gasteiger partial charge in [0.05, 0.1) is 22.7 Å². The number of rotatable bonds is 8. The summed E-state index contributed by atoms with van der Waals surface area (Å²) in [5.41, 5.74) is 4.22. The SMILES string of the molecule is C=C.CCCCC(C)CN1CCCC1.CCc1cc(C(F)(F)F)ccc1F.Cc1cc(C=O)c2cc(-c3ccc(C#N)cc3)ccc2n1. The van der Waals surface area contributed by atoms with Crippen LogP contribution in [0.4, 0.5) is 17.6 Å². The van der Waals surface area contributed by atoms with Crippen molar-refractivity contribution < 1.29 is 22.4 Å². The number of alkyl halides is 3. The number of aldehydes is 1. The molecule has 1 aromatic heterocycles. The van der Waals surface area contributed by atoms with Crippen LogP contribution < -0.4 is 0 Å². The number of nitriles is 1. The minimum atomic E-state index is -4.39. The van der Waals surface area contributed by atoms with E-state index in [1.165, 1.54) is 51.7 Å². The molecule has 0 saturated carbocycles. The second-order valence-corrected chi connectivity index (χ2v) is 11.8. The molecule has 8 heteroatoms. The fourth-order valence-electron chi connectivity index (χ4n) is 5.48. The Morgan fingerprint density at radius 1 is 0.979 bits per heavy atom. The summed E-state index contributed by atoms with van der Waals surface area (Å²) in [6.45, 7) is 18.2. The number of benzene rings is 3. The quantitative estimate of drug-likeness (QED) is 0.107. The fraction of sp³-hybridized carbons (Fsp3) is 0.375. The topological polar surface area (TPSA) is 57.0 Å². The van der Waals surface area contributed by atoms with Gasteiger partial charge in [0, 0.05) is 23.2 Å². The van der Waals surface area contributed by atoms with E-state index in [1.807, 2.05) is 37.3 Å². The Kier molecular flexibility index (Phi) is 16.7. The zero-order valence-corrected chi connectivity index (χ0v) is 28.5. The number of fused-ring (bicyclic) bond motifs is 1. The predicted octanol–water partition coefficient (Wildman–Crippen LogP) is 11.0. The lowest BCUT2D eigenvalue weighted by atomic mass is 10.00. The van der Waals surface area contributed by atoms with Crippen molar-refractivity contribution in [3.05, 3.63) is 114 Å². The predicted molar refractivity (Wildman–Crippen MR) is 188 cm³/mol. The van der Waals surface area contributed by atoms with E-state index in [-0.39, 0.29) is 12.0 Å². The molecule has 48 heavy (non-hydrogen) atoms. The first kappa shape index (κ1) is 39.8. The minimum Gasteiger partial charge on any atom is -0.303 e. The molecule has 1 aliphatic heterocycles. The summed E-state index contributed by atoms with van der Waals surface area (Å²) in [5, 5.41) is 9.68. The second-order valence-electron chi connectivity index (χ2n) is 11.8. The Bertz CT molecular complexity index is 1620. The third kappa shape index (κ3) is 12.4. The maximum absolute atomic E-state index is 12.8. The number of unbranched alkanes of at least 4 members (excludes halogenated alkanes) is 1. The zero-order valence-electron chi connectivity index (χ0n) is 28.5. The van der Waals surface area contributed by atoms with Crippen molar-refractivity contribution in [3.8, 4) is 17.2 Å². The molecule has 0 spiro atoms. The van der Waals surface area contributed by atoms with Gasteiger partial charge in [0.15, 0.2) is 6.29 Å². The number of hydrogen-bond acceptors (Lipinski definition) is 4. The summed E-state index contributed by atoms with van der Waals surface area (Å²) in [7, 11) is 0. The monoisotopic (exact) mass is 661 g/mol. The maximum atomic E-state index is 12.8. The molecule has 256 valence electrons. The first-order valence-electron chi connectivity index (χ1n) is 16.4. The molecule has 0 bridgehead atoms. The van der Waals surface area contributed by atoms with Gasteiger partial charge in [-0.05, 0) is 117 Å². The van der Waals surface area contributed by atoms with Gasteiger partial charge in [0.2, 0.25) is 0 Å². The van der Waals surface area contributed by atoms with Crippen molar-refractivity contribution in [2.24, 2.45) is 5.92 Å². The number of likely N-dealkylation sites (tertiary alicyclic amines) is 1. The Balaban J connectivity index is 0.000000258. The highest BCUT2D eigenvalue weighted by Gasteiger charge is 2.30. The third-order valence-electron chi connectivity index (χ3n) is 8.02. The van der Waals surface area contributed by atoms with Gasteiger partial charge in [0.25, 0.3) is 0 Å². The lowest BCUT2D eigenvalue weighted by molar-refractivity contribution is -0.137. The molecule has 1 fully saturated rings. The molecule has 1 saturated heterocycles. The van der Waals surface area contributed by atoms with Gasteiger partial charge in [-0.1, -0.05) is 51.8 Å². The van der Waals surface area contributed by atoms with Crippen LogP contribution in [0.15, 0.2) is 79.9 Å². The van der Waals surface area contributed by atoms with E-state index < -0.39 is 17.6 Å². The van der Waals surface area contributed by atoms with Crippen LogP contribution in [0.1, 0.15) is 85.6 Å². The molecule has 0 amide bonds. The molecule has 5 rings (SSSR count). The van der Waals surface area contributed by atoms with E-state index in [0.717, 1.165) is 58.1 Å². The van der Waals surface area contributed by atoms with Gasteiger partial charge >= 0.3 is 6.18 Å². The first-order chi connectivity index (χ1) is 23.0. The van der Waals surface area contributed by atoms with E-state index in [0.29, 0.717) is 11.1 Å². The van der Waals surface area contributed by atoms with Gasteiger partial charge in [0.1, 0.15) is 5.82 Å². The molecule has 1 aliphatic rings. The van der Waals surface area contributed by atoms with Crippen molar-refractivity contribution in [2.45, 2.75) is 72.4 Å². The fourth-order valence-corrected chi connectivity index (χ4v) is 5.48. The third-order valence-corrected chi connectivity index (χ3v) is 8.02. The highest BCUT2D eigenvalue weighted by molar-refractivity contribution is 5.98. The van der Waals surface area contributed by atoms with E-state index in [4.69, 9.17) is 5.26 Å². The number of aryl methyl sites for hydroxylation is 2. The zero-order chi connectivity index (χ0) is 35.7. The largest absolute Gasteiger partial charge is 0.416 e. The number of carbonyl (C=O) groups excluding carboxylic acids is 1. The summed E-state index contributed by atoms with van der Waals surface area (Å²) < 4.78 is 49.1. The van der Waals surface area contributed by atoms with Crippen molar-refractivity contribution >= 4 is 17.2 Å². The van der Waals surface area contributed by atoms with E-state index in [9.17, 15) is 22.4 Å². The Labute approximate surface area is 283 Å². The van der Waals surface area contributed by atoms with Crippen LogP contribution in [0.3, 0.4) is 0 Å². The number of hydrogen-bond donors (Lipinski definition) is 0. The summed E-state index contributed by atoms with van der Waals surface area (Å²) in [6.07, 6.45) is 3.78. The molecular weight excluding hydrogens is 614 g/mol. The Hall–Kier alpha value is -4.35. The summed E-state index contributed by atoms with van der Waals surface area (Å²) >= 11 is 0. The van der Waals surface area contributed by atoms with Crippen LogP contribution in [0.5, 0.6) is 0 Å². The Morgan fingerprint density at radius 2 is 1.62 bits per heavy atom. The average molecular weight is 662 g/mol.